The number of carbonyl (C=O) groups is 2. The van der Waals surface area contributed by atoms with E-state index in [4.69, 9.17) is 9.47 Å². The van der Waals surface area contributed by atoms with Crippen molar-refractivity contribution in [1.29, 1.82) is 0 Å². The number of ketones is 1. The lowest BCUT2D eigenvalue weighted by molar-refractivity contribution is -0.143. The number of nitrogens with zero attached hydrogens (tertiary/aromatic N) is 1. The van der Waals surface area contributed by atoms with Crippen molar-refractivity contribution in [2.75, 3.05) is 14.2 Å². The van der Waals surface area contributed by atoms with Crippen LogP contribution in [0.1, 0.15) is 17.7 Å². The predicted octanol–water partition coefficient (Wildman–Crippen LogP) is 4.27. The van der Waals surface area contributed by atoms with Gasteiger partial charge in [0.2, 0.25) is 0 Å². The number of Topliss-reactive ketones (excluding diaryl/α,β-unsaturated/α-hetero) is 1. The van der Waals surface area contributed by atoms with Crippen LogP contribution in [0.25, 0.3) is 10.6 Å². The number of carbonyl (C=O) groups excluding carboxylic acids is 1. The van der Waals surface area contributed by atoms with Gasteiger partial charge in [0.1, 0.15) is 10.8 Å². The quantitative estimate of drug-likeness (QED) is 0.522. The van der Waals surface area contributed by atoms with Crippen LogP contribution >= 0.6 is 11.3 Å². The summed E-state index contributed by atoms with van der Waals surface area (Å²) in [4.78, 5) is 28.7. The summed E-state index contributed by atoms with van der Waals surface area (Å²) in [5.41, 5.74) is 2.31. The van der Waals surface area contributed by atoms with Crippen LogP contribution in [-0.2, 0) is 22.4 Å². The molecule has 0 bridgehead atoms. The van der Waals surface area contributed by atoms with Crippen molar-refractivity contribution < 1.29 is 24.2 Å². The van der Waals surface area contributed by atoms with Crippen molar-refractivity contribution in [3.8, 4) is 22.1 Å². The van der Waals surface area contributed by atoms with Crippen molar-refractivity contribution in [1.82, 2.24) is 4.98 Å². The number of aromatic nitrogens is 1. The van der Waals surface area contributed by atoms with E-state index in [1.807, 2.05) is 47.8 Å². The molecule has 6 nitrogen and oxygen atoms in total. The fraction of sp³-hybridized carbons (Fsp3) is 0.261. The summed E-state index contributed by atoms with van der Waals surface area (Å²) < 4.78 is 10.8. The molecule has 0 saturated heterocycles. The van der Waals surface area contributed by atoms with Crippen LogP contribution in [0.3, 0.4) is 0 Å². The van der Waals surface area contributed by atoms with Gasteiger partial charge in [-0.05, 0) is 24.1 Å². The number of carboxylic acids is 1. The highest BCUT2D eigenvalue weighted by Gasteiger charge is 2.23. The summed E-state index contributed by atoms with van der Waals surface area (Å²) in [6.45, 7) is 0. The minimum Gasteiger partial charge on any atom is -0.493 e. The maximum Gasteiger partial charge on any atom is 0.307 e. The third-order valence-electron chi connectivity index (χ3n) is 4.71. The molecule has 0 radical (unpaired) electrons. The van der Waals surface area contributed by atoms with Crippen LogP contribution in [0.5, 0.6) is 11.5 Å². The van der Waals surface area contributed by atoms with Gasteiger partial charge in [0.25, 0.3) is 0 Å². The van der Waals surface area contributed by atoms with Crippen molar-refractivity contribution >= 4 is 23.1 Å². The molecule has 0 spiro atoms. The van der Waals surface area contributed by atoms with Crippen LogP contribution in [0.2, 0.25) is 0 Å². The highest BCUT2D eigenvalue weighted by molar-refractivity contribution is 7.13. The number of benzene rings is 2. The minimum atomic E-state index is -0.965. The maximum atomic E-state index is 12.5. The lowest BCUT2D eigenvalue weighted by Gasteiger charge is -2.11. The smallest absolute Gasteiger partial charge is 0.307 e. The Balaban J connectivity index is 1.69. The molecule has 0 fully saturated rings. The number of hydrogen-bond acceptors (Lipinski definition) is 6. The Morgan fingerprint density at radius 1 is 1.07 bits per heavy atom. The van der Waals surface area contributed by atoms with E-state index < -0.39 is 11.9 Å². The van der Waals surface area contributed by atoms with E-state index in [1.165, 1.54) is 11.3 Å². The van der Waals surface area contributed by atoms with E-state index in [0.717, 1.165) is 11.1 Å². The second-order valence-electron chi connectivity index (χ2n) is 6.83. The summed E-state index contributed by atoms with van der Waals surface area (Å²) in [6.07, 6.45) is 0.395. The molecule has 1 atom stereocenters. The monoisotopic (exact) mass is 425 g/mol. The first-order valence-electron chi connectivity index (χ1n) is 9.46. The van der Waals surface area contributed by atoms with Crippen LogP contribution in [-0.4, -0.2) is 36.1 Å². The molecule has 2 aromatic carbocycles. The molecule has 3 aromatic rings. The average molecular weight is 426 g/mol. The van der Waals surface area contributed by atoms with Crippen LogP contribution in [0.15, 0.2) is 53.9 Å². The first-order chi connectivity index (χ1) is 14.5. The fourth-order valence-corrected chi connectivity index (χ4v) is 4.10. The van der Waals surface area contributed by atoms with Crippen molar-refractivity contribution in [3.63, 3.8) is 0 Å². The Morgan fingerprint density at radius 2 is 1.83 bits per heavy atom. The zero-order valence-corrected chi connectivity index (χ0v) is 17.6. The van der Waals surface area contributed by atoms with Gasteiger partial charge >= 0.3 is 5.97 Å². The molecule has 7 heteroatoms. The Labute approximate surface area is 179 Å². The second kappa shape index (κ2) is 10.0. The SMILES string of the molecule is COc1cccc(-c2nc(CC(=O)C[C@@H](Cc3ccccc3)C(=O)O)cs2)c1OC. The number of carboxylic acid groups (broad SMARTS) is 1. The number of hydrogen-bond donors (Lipinski definition) is 1. The molecular weight excluding hydrogens is 402 g/mol. The molecular formula is C23H23NO5S. The van der Waals surface area contributed by atoms with E-state index in [0.29, 0.717) is 28.6 Å². The number of rotatable bonds is 10. The lowest BCUT2D eigenvalue weighted by atomic mass is 9.93. The summed E-state index contributed by atoms with van der Waals surface area (Å²) in [7, 11) is 3.14. The summed E-state index contributed by atoms with van der Waals surface area (Å²) in [5, 5.41) is 12.1. The maximum absolute atomic E-state index is 12.5. The van der Waals surface area contributed by atoms with Gasteiger partial charge in [-0.2, -0.15) is 0 Å². The van der Waals surface area contributed by atoms with Crippen LogP contribution in [0.4, 0.5) is 0 Å². The molecule has 0 amide bonds. The van der Waals surface area contributed by atoms with Gasteiger partial charge < -0.3 is 14.6 Å². The Bertz CT molecular complexity index is 1020. The van der Waals surface area contributed by atoms with Gasteiger partial charge in [-0.1, -0.05) is 36.4 Å². The standard InChI is InChI=1S/C23H23NO5S/c1-28-20-10-6-9-19(21(20)29-2)22-24-17(14-30-22)13-18(25)12-16(23(26)27)11-15-7-4-3-5-8-15/h3-10,14,16H,11-13H2,1-2H3,(H,26,27)/t16-/m1/s1. The number of methoxy groups -OCH3 is 2. The molecule has 1 heterocycles. The van der Waals surface area contributed by atoms with Gasteiger partial charge in [0, 0.05) is 18.2 Å². The Kier molecular flexibility index (Phi) is 7.19. The predicted molar refractivity (Wildman–Crippen MR) is 115 cm³/mol. The second-order valence-corrected chi connectivity index (χ2v) is 7.69. The summed E-state index contributed by atoms with van der Waals surface area (Å²) in [5.74, 6) is -0.675. The van der Waals surface area contributed by atoms with Crippen molar-refractivity contribution in [2.24, 2.45) is 5.92 Å². The minimum absolute atomic E-state index is 0.0282. The molecule has 1 N–H and O–H groups in total. The highest BCUT2D eigenvalue weighted by Crippen LogP contribution is 2.39. The van der Waals surface area contributed by atoms with E-state index in [9.17, 15) is 14.7 Å². The van der Waals surface area contributed by atoms with Gasteiger partial charge in [-0.25, -0.2) is 4.98 Å². The fourth-order valence-electron chi connectivity index (χ4n) is 3.26. The zero-order valence-electron chi connectivity index (χ0n) is 16.8. The summed E-state index contributed by atoms with van der Waals surface area (Å²) in [6, 6.07) is 14.9. The van der Waals surface area contributed by atoms with E-state index in [-0.39, 0.29) is 18.6 Å². The molecule has 30 heavy (non-hydrogen) atoms. The van der Waals surface area contributed by atoms with Gasteiger partial charge in [0.05, 0.1) is 31.4 Å². The molecule has 0 aliphatic carbocycles. The van der Waals surface area contributed by atoms with Gasteiger partial charge in [-0.3, -0.25) is 9.59 Å². The number of thiazole rings is 1. The normalized spacial score (nSPS) is 11.7. The van der Waals surface area contributed by atoms with E-state index >= 15 is 0 Å². The molecule has 0 unspecified atom stereocenters. The zero-order chi connectivity index (χ0) is 21.5. The average Bonchev–Trinajstić information content (AvgIpc) is 3.21. The first kappa shape index (κ1) is 21.5. The number of aliphatic carboxylic acids is 1. The molecule has 0 aliphatic rings. The van der Waals surface area contributed by atoms with Crippen LogP contribution < -0.4 is 9.47 Å². The molecule has 3 rings (SSSR count). The molecule has 156 valence electrons. The topological polar surface area (TPSA) is 85.7 Å². The Hall–Kier alpha value is -3.19. The third-order valence-corrected chi connectivity index (χ3v) is 5.64. The van der Waals surface area contributed by atoms with Gasteiger partial charge in [0.15, 0.2) is 11.5 Å². The molecule has 1 aromatic heterocycles. The van der Waals surface area contributed by atoms with Crippen LogP contribution in [0, 0.1) is 5.92 Å². The van der Waals surface area contributed by atoms with Crippen molar-refractivity contribution in [2.45, 2.75) is 19.3 Å². The van der Waals surface area contributed by atoms with E-state index in [2.05, 4.69) is 4.98 Å². The first-order valence-corrected chi connectivity index (χ1v) is 10.3. The summed E-state index contributed by atoms with van der Waals surface area (Å²) >= 11 is 1.41. The molecule has 0 aliphatic heterocycles. The van der Waals surface area contributed by atoms with Gasteiger partial charge in [-0.15, -0.1) is 11.3 Å². The number of para-hydroxylation sites is 1. The van der Waals surface area contributed by atoms with E-state index in [1.54, 1.807) is 20.3 Å². The lowest BCUT2D eigenvalue weighted by Crippen LogP contribution is -2.21. The number of ether oxygens (including phenoxy) is 2. The largest absolute Gasteiger partial charge is 0.493 e. The third kappa shape index (κ3) is 5.24. The highest BCUT2D eigenvalue weighted by atomic mass is 32.1. The molecule has 0 saturated carbocycles. The van der Waals surface area contributed by atoms with Crippen molar-refractivity contribution in [3.05, 3.63) is 65.2 Å². The Morgan fingerprint density at radius 3 is 2.50 bits per heavy atom.